The fourth-order valence-electron chi connectivity index (χ4n) is 1.82. The van der Waals surface area contributed by atoms with Crippen molar-refractivity contribution >= 4 is 27.3 Å². The molecule has 0 bridgehead atoms. The van der Waals surface area contributed by atoms with Crippen LogP contribution >= 0.6 is 27.3 Å². The van der Waals surface area contributed by atoms with Gasteiger partial charge >= 0.3 is 0 Å². The largest absolute Gasteiger partial charge is 0.390 e. The zero-order valence-corrected chi connectivity index (χ0v) is 12.4. The van der Waals surface area contributed by atoms with Crippen molar-refractivity contribution in [2.45, 2.75) is 31.5 Å². The van der Waals surface area contributed by atoms with Crippen LogP contribution in [0.4, 0.5) is 0 Å². The van der Waals surface area contributed by atoms with Gasteiger partial charge in [-0.2, -0.15) is 0 Å². The molecule has 1 aliphatic carbocycles. The van der Waals surface area contributed by atoms with Gasteiger partial charge < -0.3 is 10.4 Å². The molecule has 0 radical (unpaired) electrons. The van der Waals surface area contributed by atoms with Crippen molar-refractivity contribution in [1.82, 2.24) is 10.2 Å². The van der Waals surface area contributed by atoms with E-state index in [1.807, 2.05) is 7.05 Å². The Morgan fingerprint density at radius 1 is 1.65 bits per heavy atom. The first kappa shape index (κ1) is 13.5. The second kappa shape index (κ2) is 6.29. The van der Waals surface area contributed by atoms with Gasteiger partial charge in [-0.05, 0) is 52.8 Å². The fourth-order valence-corrected chi connectivity index (χ4v) is 3.02. The summed E-state index contributed by atoms with van der Waals surface area (Å²) in [6.07, 6.45) is 2.26. The summed E-state index contributed by atoms with van der Waals surface area (Å²) < 4.78 is 1.16. The van der Waals surface area contributed by atoms with Gasteiger partial charge in [0.25, 0.3) is 0 Å². The van der Waals surface area contributed by atoms with Crippen LogP contribution in [0, 0.1) is 0 Å². The topological polar surface area (TPSA) is 35.5 Å². The Morgan fingerprint density at radius 2 is 2.41 bits per heavy atom. The smallest absolute Gasteiger partial charge is 0.0791 e. The number of hydrogen-bond donors (Lipinski definition) is 2. The summed E-state index contributed by atoms with van der Waals surface area (Å²) in [4.78, 5) is 2.16. The first-order chi connectivity index (χ1) is 8.13. The number of aliphatic hydroxyl groups excluding tert-OH is 1. The monoisotopic (exact) mass is 318 g/mol. The van der Waals surface area contributed by atoms with Gasteiger partial charge in [-0.15, -0.1) is 11.3 Å². The van der Waals surface area contributed by atoms with E-state index >= 15 is 0 Å². The van der Waals surface area contributed by atoms with Crippen LogP contribution in [0.2, 0.25) is 0 Å². The van der Waals surface area contributed by atoms with Crippen LogP contribution in [-0.2, 0) is 6.54 Å². The maximum absolute atomic E-state index is 9.87. The highest BCUT2D eigenvalue weighted by Gasteiger charge is 2.21. The molecule has 1 unspecified atom stereocenters. The summed E-state index contributed by atoms with van der Waals surface area (Å²) in [7, 11) is 2.05. The van der Waals surface area contributed by atoms with Gasteiger partial charge in [-0.25, -0.2) is 0 Å². The third-order valence-electron chi connectivity index (χ3n) is 2.82. The maximum Gasteiger partial charge on any atom is 0.0791 e. The van der Waals surface area contributed by atoms with E-state index in [2.05, 4.69) is 37.6 Å². The van der Waals surface area contributed by atoms with Gasteiger partial charge in [0.1, 0.15) is 0 Å². The number of rotatable bonds is 7. The molecule has 1 aromatic rings. The molecule has 2 N–H and O–H groups in total. The first-order valence-electron chi connectivity index (χ1n) is 5.96. The van der Waals surface area contributed by atoms with Gasteiger partial charge in [0.2, 0.25) is 0 Å². The molecule has 2 rings (SSSR count). The normalized spacial score (nSPS) is 17.6. The van der Waals surface area contributed by atoms with Crippen molar-refractivity contribution in [3.05, 3.63) is 20.8 Å². The average molecular weight is 319 g/mol. The average Bonchev–Trinajstić information content (AvgIpc) is 3.00. The first-order valence-corrected chi connectivity index (χ1v) is 7.63. The van der Waals surface area contributed by atoms with Crippen LogP contribution in [0.25, 0.3) is 0 Å². The number of aliphatic hydroxyl groups is 1. The van der Waals surface area contributed by atoms with Crippen molar-refractivity contribution in [2.24, 2.45) is 0 Å². The van der Waals surface area contributed by atoms with E-state index in [9.17, 15) is 5.11 Å². The molecule has 0 spiro atoms. The molecule has 0 saturated heterocycles. The highest BCUT2D eigenvalue weighted by atomic mass is 79.9. The lowest BCUT2D eigenvalue weighted by atomic mass is 10.3. The predicted octanol–water partition coefficient (Wildman–Crippen LogP) is 2.06. The Kier molecular flexibility index (Phi) is 4.99. The number of thiophene rings is 1. The van der Waals surface area contributed by atoms with Gasteiger partial charge in [-0.1, -0.05) is 0 Å². The van der Waals surface area contributed by atoms with E-state index in [4.69, 9.17) is 0 Å². The number of halogens is 1. The number of nitrogens with one attached hydrogen (secondary N) is 1. The summed E-state index contributed by atoms with van der Waals surface area (Å²) in [5, 5.41) is 15.4. The molecule has 3 nitrogen and oxygen atoms in total. The summed E-state index contributed by atoms with van der Waals surface area (Å²) in [6.45, 7) is 2.32. The van der Waals surface area contributed by atoms with Crippen LogP contribution in [0.5, 0.6) is 0 Å². The van der Waals surface area contributed by atoms with E-state index in [1.54, 1.807) is 11.3 Å². The number of hydrogen-bond acceptors (Lipinski definition) is 4. The predicted molar refractivity (Wildman–Crippen MR) is 75.4 cm³/mol. The molecule has 0 aliphatic heterocycles. The Balaban J connectivity index is 1.66. The molecule has 17 heavy (non-hydrogen) atoms. The zero-order valence-electron chi connectivity index (χ0n) is 10.0. The second-order valence-corrected chi connectivity index (χ2v) is 7.08. The third kappa shape index (κ3) is 5.06. The van der Waals surface area contributed by atoms with Crippen LogP contribution < -0.4 is 5.32 Å². The Morgan fingerprint density at radius 3 is 3.00 bits per heavy atom. The number of likely N-dealkylation sites (N-methyl/N-ethyl adjacent to an activating group) is 1. The lowest BCUT2D eigenvalue weighted by Gasteiger charge is -2.20. The molecule has 1 aromatic heterocycles. The van der Waals surface area contributed by atoms with Gasteiger partial charge in [-0.3, -0.25) is 4.90 Å². The second-order valence-electron chi connectivity index (χ2n) is 4.79. The van der Waals surface area contributed by atoms with E-state index < -0.39 is 0 Å². The highest BCUT2D eigenvalue weighted by molar-refractivity contribution is 9.11. The molecular formula is C12H19BrN2OS. The molecule has 1 aliphatic rings. The third-order valence-corrected chi connectivity index (χ3v) is 4.37. The SMILES string of the molecule is CN(Cc1csc(Br)c1)CC(O)CNC1CC1. The molecule has 96 valence electrons. The van der Waals surface area contributed by atoms with E-state index in [1.165, 1.54) is 18.4 Å². The lowest BCUT2D eigenvalue weighted by molar-refractivity contribution is 0.121. The van der Waals surface area contributed by atoms with Crippen molar-refractivity contribution in [3.8, 4) is 0 Å². The Hall–Kier alpha value is 0.0600. The van der Waals surface area contributed by atoms with Gasteiger partial charge in [0.15, 0.2) is 0 Å². The van der Waals surface area contributed by atoms with Gasteiger partial charge in [0.05, 0.1) is 9.89 Å². The van der Waals surface area contributed by atoms with Crippen molar-refractivity contribution < 1.29 is 5.11 Å². The highest BCUT2D eigenvalue weighted by Crippen LogP contribution is 2.21. The standard InChI is InChI=1S/C12H19BrN2OS/c1-15(6-9-4-12(13)17-8-9)7-11(16)5-14-10-2-3-10/h4,8,10-11,14,16H,2-3,5-7H2,1H3. The molecule has 1 heterocycles. The Labute approximate surface area is 115 Å². The molecule has 5 heteroatoms. The summed E-state index contributed by atoms with van der Waals surface area (Å²) in [6, 6.07) is 2.80. The van der Waals surface area contributed by atoms with Crippen LogP contribution in [0.1, 0.15) is 18.4 Å². The zero-order chi connectivity index (χ0) is 12.3. The van der Waals surface area contributed by atoms with Gasteiger partial charge in [0, 0.05) is 25.7 Å². The Bertz CT molecular complexity index is 354. The minimum atomic E-state index is -0.275. The molecule has 1 saturated carbocycles. The quantitative estimate of drug-likeness (QED) is 0.807. The lowest BCUT2D eigenvalue weighted by Crippen LogP contribution is -2.37. The molecule has 1 atom stereocenters. The summed E-state index contributed by atoms with van der Waals surface area (Å²) in [5.74, 6) is 0. The molecule has 0 aromatic carbocycles. The maximum atomic E-state index is 9.87. The van der Waals surface area contributed by atoms with E-state index in [0.717, 1.165) is 10.3 Å². The van der Waals surface area contributed by atoms with E-state index in [-0.39, 0.29) is 6.10 Å². The van der Waals surface area contributed by atoms with Crippen molar-refractivity contribution in [3.63, 3.8) is 0 Å². The van der Waals surface area contributed by atoms with Crippen molar-refractivity contribution in [2.75, 3.05) is 20.1 Å². The van der Waals surface area contributed by atoms with E-state index in [0.29, 0.717) is 19.1 Å². The minimum Gasteiger partial charge on any atom is -0.390 e. The molecule has 1 fully saturated rings. The number of nitrogens with zero attached hydrogens (tertiary/aromatic N) is 1. The van der Waals surface area contributed by atoms with Crippen LogP contribution in [0.15, 0.2) is 15.2 Å². The minimum absolute atomic E-state index is 0.275. The fraction of sp³-hybridized carbons (Fsp3) is 0.667. The van der Waals surface area contributed by atoms with Crippen LogP contribution in [0.3, 0.4) is 0 Å². The molecule has 0 amide bonds. The molecular weight excluding hydrogens is 300 g/mol. The summed E-state index contributed by atoms with van der Waals surface area (Å²) in [5.41, 5.74) is 1.30. The van der Waals surface area contributed by atoms with Crippen LogP contribution in [-0.4, -0.2) is 42.3 Å². The van der Waals surface area contributed by atoms with Crippen molar-refractivity contribution in [1.29, 1.82) is 0 Å². The summed E-state index contributed by atoms with van der Waals surface area (Å²) >= 11 is 5.16.